The van der Waals surface area contributed by atoms with Gasteiger partial charge in [-0.2, -0.15) is 4.31 Å². The van der Waals surface area contributed by atoms with Crippen LogP contribution in [0.4, 0.5) is 10.1 Å². The fourth-order valence-electron chi connectivity index (χ4n) is 4.11. The first-order valence-electron chi connectivity index (χ1n) is 10.4. The molecule has 0 unspecified atom stereocenters. The van der Waals surface area contributed by atoms with Gasteiger partial charge in [-0.1, -0.05) is 23.7 Å². The molecule has 2 aromatic carbocycles. The number of halogens is 2. The number of nitrogens with one attached hydrogen (secondary N) is 1. The minimum atomic E-state index is -4.06. The molecule has 0 radical (unpaired) electrons. The van der Waals surface area contributed by atoms with Crippen molar-refractivity contribution in [2.45, 2.75) is 23.2 Å². The summed E-state index contributed by atoms with van der Waals surface area (Å²) in [6.07, 6.45) is 0.888. The molecule has 7 nitrogen and oxygen atoms in total. The first-order chi connectivity index (χ1) is 15.3. The minimum absolute atomic E-state index is 0.149. The predicted molar refractivity (Wildman–Crippen MR) is 118 cm³/mol. The van der Waals surface area contributed by atoms with Gasteiger partial charge in [0.15, 0.2) is 0 Å². The lowest BCUT2D eigenvalue weighted by Gasteiger charge is -2.36. The van der Waals surface area contributed by atoms with E-state index < -0.39 is 26.2 Å². The van der Waals surface area contributed by atoms with Gasteiger partial charge in [-0.15, -0.1) is 0 Å². The van der Waals surface area contributed by atoms with Crippen LogP contribution < -0.4 is 5.32 Å². The Hall–Kier alpha value is -2.04. The van der Waals surface area contributed by atoms with Crippen LogP contribution >= 0.6 is 11.6 Å². The maximum Gasteiger partial charge on any atom is 0.246 e. The third-order valence-electron chi connectivity index (χ3n) is 5.94. The van der Waals surface area contributed by atoms with E-state index in [1.54, 1.807) is 18.2 Å². The average Bonchev–Trinajstić information content (AvgIpc) is 2.81. The summed E-state index contributed by atoms with van der Waals surface area (Å²) < 4.78 is 52.3. The van der Waals surface area contributed by atoms with E-state index in [0.29, 0.717) is 31.1 Å². The van der Waals surface area contributed by atoms with Gasteiger partial charge in [0.25, 0.3) is 0 Å². The number of morpholine rings is 1. The van der Waals surface area contributed by atoms with Gasteiger partial charge >= 0.3 is 0 Å². The van der Waals surface area contributed by atoms with Crippen LogP contribution in [0.15, 0.2) is 47.4 Å². The number of carbonyl (C=O) groups is 1. The third kappa shape index (κ3) is 4.53. The van der Waals surface area contributed by atoms with Gasteiger partial charge in [0.05, 0.1) is 18.6 Å². The normalized spacial score (nSPS) is 19.4. The molecule has 0 saturated carbocycles. The highest BCUT2D eigenvalue weighted by Gasteiger charge is 2.42. The molecule has 0 bridgehead atoms. The van der Waals surface area contributed by atoms with Crippen LogP contribution in [0, 0.1) is 5.82 Å². The molecule has 1 N–H and O–H groups in total. The van der Waals surface area contributed by atoms with Crippen LogP contribution in [0.5, 0.6) is 0 Å². The van der Waals surface area contributed by atoms with Gasteiger partial charge in [-0.3, -0.25) is 4.79 Å². The number of rotatable bonds is 5. The summed E-state index contributed by atoms with van der Waals surface area (Å²) >= 11 is 6.17. The van der Waals surface area contributed by atoms with Gasteiger partial charge in [0.1, 0.15) is 10.7 Å². The van der Waals surface area contributed by atoms with Crippen molar-refractivity contribution in [3.8, 4) is 0 Å². The lowest BCUT2D eigenvalue weighted by molar-refractivity contribution is -0.125. The topological polar surface area (TPSA) is 84.9 Å². The Balaban J connectivity index is 1.64. The van der Waals surface area contributed by atoms with Crippen molar-refractivity contribution in [2.75, 3.05) is 44.8 Å². The van der Waals surface area contributed by atoms with Crippen LogP contribution in [0.3, 0.4) is 0 Å². The quantitative estimate of drug-likeness (QED) is 0.707. The Morgan fingerprint density at radius 3 is 2.41 bits per heavy atom. The zero-order valence-corrected chi connectivity index (χ0v) is 18.9. The molecular weight excluding hydrogens is 459 g/mol. The zero-order valence-electron chi connectivity index (χ0n) is 17.4. The lowest BCUT2D eigenvalue weighted by atomic mass is 9.73. The Bertz CT molecular complexity index is 1100. The first kappa shape index (κ1) is 23.1. The number of ether oxygens (including phenoxy) is 2. The van der Waals surface area contributed by atoms with Crippen molar-refractivity contribution in [3.05, 3.63) is 58.9 Å². The van der Waals surface area contributed by atoms with E-state index in [-0.39, 0.29) is 37.9 Å². The number of nitrogens with zero attached hydrogens (tertiary/aromatic N) is 1. The molecule has 2 aromatic rings. The second-order valence-electron chi connectivity index (χ2n) is 7.82. The van der Waals surface area contributed by atoms with E-state index in [4.69, 9.17) is 21.1 Å². The zero-order chi connectivity index (χ0) is 22.8. The monoisotopic (exact) mass is 482 g/mol. The van der Waals surface area contributed by atoms with Gasteiger partial charge in [-0.25, -0.2) is 12.8 Å². The molecule has 2 saturated heterocycles. The molecule has 4 rings (SSSR count). The summed E-state index contributed by atoms with van der Waals surface area (Å²) in [5.74, 6) is -1.19. The second-order valence-corrected chi connectivity index (χ2v) is 10.2. The highest BCUT2D eigenvalue weighted by Crippen LogP contribution is 2.37. The Morgan fingerprint density at radius 2 is 1.72 bits per heavy atom. The van der Waals surface area contributed by atoms with E-state index >= 15 is 0 Å². The van der Waals surface area contributed by atoms with Crippen LogP contribution in [-0.4, -0.2) is 58.1 Å². The second kappa shape index (κ2) is 9.44. The summed E-state index contributed by atoms with van der Waals surface area (Å²) in [6.45, 7) is 1.61. The molecule has 10 heteroatoms. The number of benzene rings is 2. The molecule has 0 aliphatic carbocycles. The van der Waals surface area contributed by atoms with Gasteiger partial charge < -0.3 is 14.8 Å². The van der Waals surface area contributed by atoms with Crippen molar-refractivity contribution < 1.29 is 27.1 Å². The van der Waals surface area contributed by atoms with Crippen LogP contribution in [0.1, 0.15) is 18.4 Å². The molecule has 2 aliphatic heterocycles. The van der Waals surface area contributed by atoms with Crippen molar-refractivity contribution in [1.82, 2.24) is 4.31 Å². The highest BCUT2D eigenvalue weighted by molar-refractivity contribution is 7.89. The Labute approximate surface area is 191 Å². The number of hydrogen-bond acceptors (Lipinski definition) is 5. The first-order valence-corrected chi connectivity index (χ1v) is 12.2. The fourth-order valence-corrected chi connectivity index (χ4v) is 5.80. The van der Waals surface area contributed by atoms with E-state index in [2.05, 4.69) is 5.32 Å². The van der Waals surface area contributed by atoms with Gasteiger partial charge in [-0.05, 0) is 48.7 Å². The predicted octanol–water partition coefficient (Wildman–Crippen LogP) is 3.19. The fraction of sp³-hybridized carbons (Fsp3) is 0.409. The summed E-state index contributed by atoms with van der Waals surface area (Å²) in [7, 11) is -4.06. The van der Waals surface area contributed by atoms with E-state index in [9.17, 15) is 17.6 Å². The summed E-state index contributed by atoms with van der Waals surface area (Å²) in [5, 5.41) is 3.32. The van der Waals surface area contributed by atoms with E-state index in [1.807, 2.05) is 6.07 Å². The molecule has 2 aliphatic rings. The highest BCUT2D eigenvalue weighted by atomic mass is 35.5. The maximum atomic E-state index is 14.5. The number of hydrogen-bond donors (Lipinski definition) is 1. The van der Waals surface area contributed by atoms with Crippen molar-refractivity contribution in [1.29, 1.82) is 0 Å². The third-order valence-corrected chi connectivity index (χ3v) is 8.08. The molecule has 0 atom stereocenters. The van der Waals surface area contributed by atoms with Crippen LogP contribution in [-0.2, 0) is 29.7 Å². The van der Waals surface area contributed by atoms with Gasteiger partial charge in [0.2, 0.25) is 15.9 Å². The Morgan fingerprint density at radius 1 is 1.03 bits per heavy atom. The number of sulfonamides is 1. The smallest absolute Gasteiger partial charge is 0.246 e. The van der Waals surface area contributed by atoms with Crippen LogP contribution in [0.2, 0.25) is 5.02 Å². The van der Waals surface area contributed by atoms with Crippen molar-refractivity contribution in [2.24, 2.45) is 0 Å². The van der Waals surface area contributed by atoms with E-state index in [0.717, 1.165) is 11.6 Å². The summed E-state index contributed by atoms with van der Waals surface area (Å²) in [4.78, 5) is 13.0. The molecule has 32 heavy (non-hydrogen) atoms. The number of amides is 1. The molecule has 1 amide bonds. The standard InChI is InChI=1S/C22H24ClFN2O5S/c23-17-3-1-2-16(14-17)22(6-10-30-11-7-22)21(27)25-18-4-5-19(24)20(15-18)32(28,29)26-8-12-31-13-9-26/h1-5,14-15H,6-13H2,(H,25,27). The van der Waals surface area contributed by atoms with Crippen LogP contribution in [0.25, 0.3) is 0 Å². The Kier molecular flexibility index (Phi) is 6.83. The average molecular weight is 483 g/mol. The number of carbonyl (C=O) groups excluding carboxylic acids is 1. The molecule has 172 valence electrons. The lowest BCUT2D eigenvalue weighted by Crippen LogP contribution is -2.45. The molecule has 2 fully saturated rings. The SMILES string of the molecule is O=C(Nc1ccc(F)c(S(=O)(=O)N2CCOCC2)c1)C1(c2cccc(Cl)c2)CCOCC1. The summed E-state index contributed by atoms with van der Waals surface area (Å²) in [5.41, 5.74) is 0.0750. The van der Waals surface area contributed by atoms with Crippen molar-refractivity contribution >= 4 is 33.2 Å². The maximum absolute atomic E-state index is 14.5. The summed E-state index contributed by atoms with van der Waals surface area (Å²) in [6, 6.07) is 10.7. The molecule has 2 heterocycles. The minimum Gasteiger partial charge on any atom is -0.381 e. The number of anilines is 1. The molecular formula is C22H24ClFN2O5S. The van der Waals surface area contributed by atoms with Crippen molar-refractivity contribution in [3.63, 3.8) is 0 Å². The van der Waals surface area contributed by atoms with E-state index in [1.165, 1.54) is 16.4 Å². The van der Waals surface area contributed by atoms with Gasteiger partial charge in [0, 0.05) is 37.0 Å². The largest absolute Gasteiger partial charge is 0.381 e. The molecule has 0 aromatic heterocycles. The molecule has 0 spiro atoms.